The van der Waals surface area contributed by atoms with Gasteiger partial charge in [0.05, 0.1) is 25.8 Å². The predicted molar refractivity (Wildman–Crippen MR) is 149 cm³/mol. The molecule has 0 aliphatic heterocycles. The van der Waals surface area contributed by atoms with Gasteiger partial charge < -0.3 is 24.8 Å². The molecule has 0 radical (unpaired) electrons. The van der Waals surface area contributed by atoms with Crippen LogP contribution in [0.2, 0.25) is 0 Å². The Morgan fingerprint density at radius 1 is 0.976 bits per heavy atom. The van der Waals surface area contributed by atoms with E-state index in [-0.39, 0.29) is 55.1 Å². The van der Waals surface area contributed by atoms with Gasteiger partial charge >= 0.3 is 6.09 Å². The Balaban J connectivity index is 1.79. The molecule has 0 unspecified atom stereocenters. The summed E-state index contributed by atoms with van der Waals surface area (Å²) in [5, 5.41) is 5.29. The van der Waals surface area contributed by atoms with Gasteiger partial charge in [-0.25, -0.2) is 14.2 Å². The monoisotopic (exact) mass is 566 g/mol. The van der Waals surface area contributed by atoms with Gasteiger partial charge in [-0.15, -0.1) is 0 Å². The number of ketones is 1. The Bertz CT molecular complexity index is 1330. The van der Waals surface area contributed by atoms with Crippen molar-refractivity contribution in [3.8, 4) is 11.6 Å². The second-order valence-electron chi connectivity index (χ2n) is 9.77. The molecule has 41 heavy (non-hydrogen) atoms. The van der Waals surface area contributed by atoms with Gasteiger partial charge in [0, 0.05) is 6.42 Å². The fourth-order valence-electron chi connectivity index (χ4n) is 3.68. The van der Waals surface area contributed by atoms with Crippen LogP contribution in [0.25, 0.3) is 0 Å². The smallest absolute Gasteiger partial charge is 0.408 e. The van der Waals surface area contributed by atoms with Crippen LogP contribution in [0.15, 0.2) is 54.6 Å². The van der Waals surface area contributed by atoms with Crippen molar-refractivity contribution in [1.82, 2.24) is 20.6 Å². The molecule has 2 N–H and O–H groups in total. The second kappa shape index (κ2) is 14.7. The molecule has 2 aromatic carbocycles. The lowest BCUT2D eigenvalue weighted by Gasteiger charge is -2.26. The van der Waals surface area contributed by atoms with Crippen molar-refractivity contribution < 1.29 is 33.0 Å². The number of nitrogens with zero attached hydrogens (tertiary/aromatic N) is 2. The highest BCUT2D eigenvalue weighted by atomic mass is 19.1. The number of hydrogen-bond acceptors (Lipinski definition) is 8. The van der Waals surface area contributed by atoms with Crippen LogP contribution in [0.1, 0.15) is 61.1 Å². The van der Waals surface area contributed by atoms with E-state index in [0.29, 0.717) is 12.0 Å². The first kappa shape index (κ1) is 31.0. The minimum Gasteiger partial charge on any atom is -0.486 e. The molecule has 1 heterocycles. The Labute approximate surface area is 238 Å². The van der Waals surface area contributed by atoms with Gasteiger partial charge in [0.2, 0.25) is 5.75 Å². The van der Waals surface area contributed by atoms with E-state index in [1.54, 1.807) is 13.8 Å². The molecule has 0 bridgehead atoms. The highest BCUT2D eigenvalue weighted by molar-refractivity contribution is 5.98. The number of nitrogens with one attached hydrogen (secondary N) is 2. The van der Waals surface area contributed by atoms with Crippen molar-refractivity contribution in [3.05, 3.63) is 83.1 Å². The van der Waals surface area contributed by atoms with Crippen molar-refractivity contribution in [2.75, 3.05) is 20.3 Å². The van der Waals surface area contributed by atoms with Crippen LogP contribution in [0, 0.1) is 5.82 Å². The predicted octanol–water partition coefficient (Wildman–Crippen LogP) is 4.51. The number of hydrogen-bond donors (Lipinski definition) is 2. The van der Waals surface area contributed by atoms with E-state index < -0.39 is 23.4 Å². The molecule has 3 aromatic rings. The SMILES string of the molecule is CCCCOc1c(OC)nc(C(C)(C)NC(=O)OCc2ccccc2)nc1C(=O)NCC(=O)Cc1ccc(F)cc1. The number of ether oxygens (including phenoxy) is 3. The number of halogens is 1. The molecule has 3 rings (SSSR count). The van der Waals surface area contributed by atoms with Crippen molar-refractivity contribution in [2.24, 2.45) is 0 Å². The number of rotatable bonds is 14. The van der Waals surface area contributed by atoms with Crippen molar-refractivity contribution in [1.29, 1.82) is 0 Å². The zero-order valence-electron chi connectivity index (χ0n) is 23.7. The van der Waals surface area contributed by atoms with Crippen LogP contribution in [-0.4, -0.2) is 48.0 Å². The maximum absolute atomic E-state index is 13.3. The zero-order chi connectivity index (χ0) is 29.8. The van der Waals surface area contributed by atoms with Crippen LogP contribution in [0.3, 0.4) is 0 Å². The van der Waals surface area contributed by atoms with Crippen LogP contribution in [-0.2, 0) is 28.1 Å². The van der Waals surface area contributed by atoms with Crippen LogP contribution in [0.5, 0.6) is 11.6 Å². The lowest BCUT2D eigenvalue weighted by molar-refractivity contribution is -0.117. The standard InChI is InChI=1S/C30H35FN4O6/c1-5-6-16-40-25-24(26(37)32-18-23(36)17-20-12-14-22(31)15-13-20)33-28(34-27(25)39-4)30(2,3)35-29(38)41-19-21-10-8-7-9-11-21/h7-15H,5-6,16-19H2,1-4H3,(H,32,37)(H,35,38). The summed E-state index contributed by atoms with van der Waals surface area (Å²) in [6, 6.07) is 14.8. The molecule has 0 spiro atoms. The average molecular weight is 567 g/mol. The third-order valence-electron chi connectivity index (χ3n) is 5.93. The zero-order valence-corrected chi connectivity index (χ0v) is 23.7. The first-order valence-corrected chi connectivity index (χ1v) is 13.3. The molecule has 0 atom stereocenters. The molecular formula is C30H35FN4O6. The summed E-state index contributed by atoms with van der Waals surface area (Å²) in [5.41, 5.74) is 0.105. The Morgan fingerprint density at radius 3 is 2.34 bits per heavy atom. The van der Waals surface area contributed by atoms with Gasteiger partial charge in [-0.05, 0) is 43.5 Å². The summed E-state index contributed by atoms with van der Waals surface area (Å²) in [6.07, 6.45) is 0.869. The topological polar surface area (TPSA) is 129 Å². The van der Waals surface area contributed by atoms with Crippen LogP contribution < -0.4 is 20.1 Å². The number of alkyl carbamates (subject to hydrolysis) is 1. The van der Waals surface area contributed by atoms with Gasteiger partial charge in [-0.1, -0.05) is 55.8 Å². The van der Waals surface area contributed by atoms with Gasteiger partial charge in [0.25, 0.3) is 11.8 Å². The fraction of sp³-hybridized carbons (Fsp3) is 0.367. The fourth-order valence-corrected chi connectivity index (χ4v) is 3.68. The van der Waals surface area contributed by atoms with Gasteiger partial charge in [0.1, 0.15) is 12.4 Å². The molecule has 0 saturated carbocycles. The highest BCUT2D eigenvalue weighted by Crippen LogP contribution is 2.31. The van der Waals surface area contributed by atoms with Crippen LogP contribution >= 0.6 is 0 Å². The first-order valence-electron chi connectivity index (χ1n) is 13.3. The Hall–Kier alpha value is -4.54. The van der Waals surface area contributed by atoms with E-state index in [4.69, 9.17) is 14.2 Å². The van der Waals surface area contributed by atoms with Crippen LogP contribution in [0.4, 0.5) is 9.18 Å². The van der Waals surface area contributed by atoms with Crippen molar-refractivity contribution in [2.45, 2.75) is 52.2 Å². The van der Waals surface area contributed by atoms with Crippen molar-refractivity contribution >= 4 is 17.8 Å². The van der Waals surface area contributed by atoms with Gasteiger partial charge in [-0.2, -0.15) is 4.98 Å². The number of aromatic nitrogens is 2. The maximum Gasteiger partial charge on any atom is 0.408 e. The normalized spacial score (nSPS) is 11.0. The molecule has 10 nitrogen and oxygen atoms in total. The molecule has 218 valence electrons. The van der Waals surface area contributed by atoms with E-state index >= 15 is 0 Å². The van der Waals surface area contributed by atoms with Gasteiger partial charge in [-0.3, -0.25) is 9.59 Å². The minimum atomic E-state index is -1.18. The third kappa shape index (κ3) is 9.26. The minimum absolute atomic E-state index is 0.00131. The molecule has 0 aliphatic rings. The number of benzene rings is 2. The number of Topliss-reactive ketones (excluding diaryl/α,β-unsaturated/α-hetero) is 1. The molecule has 0 aliphatic carbocycles. The quantitative estimate of drug-likeness (QED) is 0.273. The lowest BCUT2D eigenvalue weighted by atomic mass is 10.0. The summed E-state index contributed by atoms with van der Waals surface area (Å²) < 4.78 is 29.8. The number of carbonyl (C=O) groups is 3. The lowest BCUT2D eigenvalue weighted by Crippen LogP contribution is -2.43. The summed E-state index contributed by atoms with van der Waals surface area (Å²) in [7, 11) is 1.38. The maximum atomic E-state index is 13.3. The summed E-state index contributed by atoms with van der Waals surface area (Å²) >= 11 is 0. The molecular weight excluding hydrogens is 531 g/mol. The molecule has 0 saturated heterocycles. The van der Waals surface area contributed by atoms with E-state index in [1.165, 1.54) is 31.4 Å². The number of amides is 2. The largest absolute Gasteiger partial charge is 0.486 e. The third-order valence-corrected chi connectivity index (χ3v) is 5.93. The Kier molecular flexibility index (Phi) is 11.1. The average Bonchev–Trinajstić information content (AvgIpc) is 2.96. The summed E-state index contributed by atoms with van der Waals surface area (Å²) in [6.45, 7) is 5.35. The van der Waals surface area contributed by atoms with Crippen molar-refractivity contribution in [3.63, 3.8) is 0 Å². The molecule has 11 heteroatoms. The van der Waals surface area contributed by atoms with Gasteiger partial charge in [0.15, 0.2) is 17.3 Å². The van der Waals surface area contributed by atoms with E-state index in [9.17, 15) is 18.8 Å². The van der Waals surface area contributed by atoms with E-state index in [2.05, 4.69) is 20.6 Å². The Morgan fingerprint density at radius 2 is 1.68 bits per heavy atom. The second-order valence-corrected chi connectivity index (χ2v) is 9.77. The first-order chi connectivity index (χ1) is 19.6. The summed E-state index contributed by atoms with van der Waals surface area (Å²) in [4.78, 5) is 47.2. The number of methoxy groups -OCH3 is 1. The molecule has 2 amide bonds. The highest BCUT2D eigenvalue weighted by Gasteiger charge is 2.32. The van der Waals surface area contributed by atoms with E-state index in [0.717, 1.165) is 12.0 Å². The molecule has 1 aromatic heterocycles. The number of carbonyl (C=O) groups excluding carboxylic acids is 3. The number of unbranched alkanes of at least 4 members (excludes halogenated alkanes) is 1. The summed E-state index contributed by atoms with van der Waals surface area (Å²) in [5.74, 6) is -1.29. The molecule has 0 fully saturated rings. The van der Waals surface area contributed by atoms with E-state index in [1.807, 2.05) is 37.3 Å².